The van der Waals surface area contributed by atoms with E-state index >= 15 is 0 Å². The summed E-state index contributed by atoms with van der Waals surface area (Å²) in [7, 11) is 2.97. The molecule has 1 unspecified atom stereocenters. The van der Waals surface area contributed by atoms with Gasteiger partial charge in [0, 0.05) is 0 Å². The zero-order chi connectivity index (χ0) is 18.4. The summed E-state index contributed by atoms with van der Waals surface area (Å²) >= 11 is 1.81. The number of phenolic OH excluding ortho intramolecular Hbond substituents is 1. The van der Waals surface area contributed by atoms with E-state index in [-0.39, 0.29) is 20.3 Å². The standard InChI is InChI=1S/C11H16O.C9H13.2CH3.Si.Ti/c1-8-5-9(11(2,3)4)7-10(12)6-8;1-6-5-7(2)9(4)8(6)3;;;;/h5-7,12H,1-4H3;6H,1-4H3;2*1H3;;/q;3*-1;;. The maximum absolute atomic E-state index is 9.36. The van der Waals surface area contributed by atoms with E-state index in [1.54, 1.807) is 25.2 Å². The number of hydrogen-bond acceptors (Lipinski definition) is 1. The molecular weight excluding hydrogens is 356 g/mol. The number of allylic oxidation sites excluding steroid dienone is 4. The third-order valence-corrected chi connectivity index (χ3v) is 4.16. The van der Waals surface area contributed by atoms with Gasteiger partial charge in [-0.25, -0.2) is 5.57 Å². The van der Waals surface area contributed by atoms with Crippen molar-refractivity contribution in [2.24, 2.45) is 5.92 Å². The van der Waals surface area contributed by atoms with Crippen molar-refractivity contribution in [1.82, 2.24) is 0 Å². The van der Waals surface area contributed by atoms with E-state index in [1.807, 2.05) is 13.0 Å². The molecule has 0 heterocycles. The second kappa shape index (κ2) is 12.7. The van der Waals surface area contributed by atoms with Crippen LogP contribution in [0.25, 0.3) is 0 Å². The molecule has 0 amide bonds. The molecule has 0 aromatic heterocycles. The van der Waals surface area contributed by atoms with Crippen LogP contribution in [0.5, 0.6) is 5.75 Å². The van der Waals surface area contributed by atoms with Crippen LogP contribution in [-0.4, -0.2) is 12.7 Å². The third kappa shape index (κ3) is 9.63. The summed E-state index contributed by atoms with van der Waals surface area (Å²) < 4.78 is 0. The number of phenols is 1. The molecule has 0 spiro atoms. The predicted molar refractivity (Wildman–Crippen MR) is 110 cm³/mol. The minimum absolute atomic E-state index is 0. The molecule has 0 aliphatic heterocycles. The van der Waals surface area contributed by atoms with Crippen molar-refractivity contribution in [2.75, 3.05) is 0 Å². The number of hydrogen-bond donors (Lipinski definition) is 1. The van der Waals surface area contributed by atoms with Gasteiger partial charge in [-0.1, -0.05) is 53.5 Å². The van der Waals surface area contributed by atoms with Gasteiger partial charge in [-0.3, -0.25) is 6.08 Å². The van der Waals surface area contributed by atoms with Crippen molar-refractivity contribution in [3.63, 3.8) is 0 Å². The minimum atomic E-state index is 0. The van der Waals surface area contributed by atoms with Gasteiger partial charge < -0.3 is 20.0 Å². The SMILES string of the molecule is CC1=[C-]C(C)C(C)=C1C.Cc1cc(O)cc(C(C)(C)C)c1.[CH3-].[CH3-].[Si]=[Ti]. The van der Waals surface area contributed by atoms with Gasteiger partial charge in [0.2, 0.25) is 0 Å². The van der Waals surface area contributed by atoms with E-state index in [2.05, 4.69) is 68.2 Å². The van der Waals surface area contributed by atoms with Crippen molar-refractivity contribution >= 4 is 7.63 Å². The Labute approximate surface area is 171 Å². The molecule has 1 atom stereocenters. The first-order chi connectivity index (χ1) is 10.5. The topological polar surface area (TPSA) is 20.2 Å². The second-order valence-corrected chi connectivity index (χ2v) is 7.11. The van der Waals surface area contributed by atoms with Crippen LogP contribution in [0.15, 0.2) is 34.9 Å². The maximum atomic E-state index is 9.36. The van der Waals surface area contributed by atoms with Crippen molar-refractivity contribution < 1.29 is 24.3 Å². The van der Waals surface area contributed by atoms with Crippen LogP contribution in [0.1, 0.15) is 59.6 Å². The summed E-state index contributed by atoms with van der Waals surface area (Å²) in [5.41, 5.74) is 6.65. The average molecular weight is 391 g/mol. The molecule has 1 aromatic carbocycles. The fraction of sp³-hybridized carbons (Fsp3) is 0.455. The van der Waals surface area contributed by atoms with Crippen molar-refractivity contribution in [1.29, 1.82) is 0 Å². The van der Waals surface area contributed by atoms with Gasteiger partial charge in [0.25, 0.3) is 0 Å². The molecule has 1 N–H and O–H groups in total. The third-order valence-electron chi connectivity index (χ3n) is 4.16. The van der Waals surface area contributed by atoms with E-state index in [0.29, 0.717) is 11.7 Å². The molecule has 2 radical (unpaired) electrons. The zero-order valence-corrected chi connectivity index (χ0v) is 20.3. The van der Waals surface area contributed by atoms with Gasteiger partial charge in [0.05, 0.1) is 0 Å². The Morgan fingerprint density at radius 2 is 1.48 bits per heavy atom. The Balaban J connectivity index is -0.000000336. The summed E-state index contributed by atoms with van der Waals surface area (Å²) in [6, 6.07) is 5.71. The number of aromatic hydroxyl groups is 1. The molecule has 0 fully saturated rings. The molecular formula is C22H35OSiTi-3. The van der Waals surface area contributed by atoms with Crippen LogP contribution < -0.4 is 0 Å². The first kappa shape index (κ1) is 29.2. The zero-order valence-electron chi connectivity index (χ0n) is 17.8. The quantitative estimate of drug-likeness (QED) is 0.410. The molecule has 0 saturated carbocycles. The summed E-state index contributed by atoms with van der Waals surface area (Å²) in [6.07, 6.45) is 3.36. The summed E-state index contributed by atoms with van der Waals surface area (Å²) in [5, 5.41) is 9.36. The molecule has 1 nitrogen and oxygen atoms in total. The average Bonchev–Trinajstić information content (AvgIpc) is 2.66. The Hall–Kier alpha value is -0.569. The van der Waals surface area contributed by atoms with Crippen LogP contribution in [-0.2, 0) is 24.6 Å². The molecule has 0 saturated heterocycles. The number of benzene rings is 1. The molecule has 1 aromatic rings. The van der Waals surface area contributed by atoms with Gasteiger partial charge in [-0.2, -0.15) is 11.1 Å². The fourth-order valence-corrected chi connectivity index (χ4v) is 2.36. The Kier molecular flexibility index (Phi) is 14.9. The van der Waals surface area contributed by atoms with Crippen LogP contribution >= 0.6 is 0 Å². The van der Waals surface area contributed by atoms with Crippen molar-refractivity contribution in [3.05, 3.63) is 67.0 Å². The first-order valence-corrected chi connectivity index (χ1v) is 10.7. The molecule has 1 aliphatic carbocycles. The van der Waals surface area contributed by atoms with Crippen molar-refractivity contribution in [3.8, 4) is 5.75 Å². The first-order valence-electron chi connectivity index (χ1n) is 7.86. The van der Waals surface area contributed by atoms with E-state index in [0.717, 1.165) is 5.56 Å². The van der Waals surface area contributed by atoms with E-state index in [9.17, 15) is 5.11 Å². The normalized spacial score (nSPS) is 15.5. The summed E-state index contributed by atoms with van der Waals surface area (Å²) in [4.78, 5) is 0. The van der Waals surface area contributed by atoms with Crippen LogP contribution in [0.2, 0.25) is 0 Å². The van der Waals surface area contributed by atoms with E-state index in [1.165, 1.54) is 22.3 Å². The van der Waals surface area contributed by atoms with Crippen LogP contribution in [0.4, 0.5) is 0 Å². The Morgan fingerprint density at radius 1 is 1.00 bits per heavy atom. The van der Waals surface area contributed by atoms with Gasteiger partial charge in [-0.05, 0) is 35.6 Å². The Morgan fingerprint density at radius 3 is 1.72 bits per heavy atom. The monoisotopic (exact) mass is 391 g/mol. The van der Waals surface area contributed by atoms with Crippen LogP contribution in [0.3, 0.4) is 0 Å². The number of aryl methyl sites for hydroxylation is 1. The predicted octanol–water partition coefficient (Wildman–Crippen LogP) is 6.24. The summed E-state index contributed by atoms with van der Waals surface area (Å²) in [5.74, 6) is 0.921. The van der Waals surface area contributed by atoms with Crippen molar-refractivity contribution in [2.45, 2.75) is 60.8 Å². The second-order valence-electron chi connectivity index (χ2n) is 7.11. The van der Waals surface area contributed by atoms with Gasteiger partial charge in [-0.15, -0.1) is 6.92 Å². The van der Waals surface area contributed by atoms with Gasteiger partial charge in [0.15, 0.2) is 0 Å². The van der Waals surface area contributed by atoms with Gasteiger partial charge >= 0.3 is 26.8 Å². The number of rotatable bonds is 0. The molecule has 0 bridgehead atoms. The molecule has 140 valence electrons. The Bertz CT molecular complexity index is 574. The summed E-state index contributed by atoms with van der Waals surface area (Å²) in [6.45, 7) is 17.1. The van der Waals surface area contributed by atoms with E-state index in [4.69, 9.17) is 0 Å². The fourth-order valence-electron chi connectivity index (χ4n) is 2.36. The molecule has 1 aliphatic rings. The molecule has 25 heavy (non-hydrogen) atoms. The van der Waals surface area contributed by atoms with E-state index < -0.39 is 0 Å². The molecule has 3 heteroatoms. The van der Waals surface area contributed by atoms with Crippen LogP contribution in [0, 0.1) is 33.8 Å². The molecule has 2 rings (SSSR count). The van der Waals surface area contributed by atoms with Gasteiger partial charge in [0.1, 0.15) is 5.75 Å².